The summed E-state index contributed by atoms with van der Waals surface area (Å²) in [6, 6.07) is 11.7. The van der Waals surface area contributed by atoms with Crippen LogP contribution in [0.4, 0.5) is 10.5 Å². The lowest BCUT2D eigenvalue weighted by Crippen LogP contribution is -2.33. The number of nitrogens with zero attached hydrogens (tertiary/aromatic N) is 4. The summed E-state index contributed by atoms with van der Waals surface area (Å²) in [5, 5.41) is 3.01. The maximum absolute atomic E-state index is 12.6. The molecule has 1 unspecified atom stereocenters. The van der Waals surface area contributed by atoms with E-state index in [1.807, 2.05) is 59.2 Å². The summed E-state index contributed by atoms with van der Waals surface area (Å²) in [4.78, 5) is 24.8. The summed E-state index contributed by atoms with van der Waals surface area (Å²) in [5.41, 5.74) is 2.62. The summed E-state index contributed by atoms with van der Waals surface area (Å²) in [7, 11) is 1.99. The lowest BCUT2D eigenvalue weighted by atomic mass is 10.1. The monoisotopic (exact) mass is 367 g/mol. The average Bonchev–Trinajstić information content (AvgIpc) is 3.27. The van der Waals surface area contributed by atoms with Crippen LogP contribution < -0.4 is 5.32 Å². The highest BCUT2D eigenvalue weighted by molar-refractivity contribution is 7.98. The Bertz CT molecular complexity index is 954. The molecule has 1 aromatic carbocycles. The molecule has 4 rings (SSSR count). The van der Waals surface area contributed by atoms with Crippen molar-refractivity contribution in [3.05, 3.63) is 48.4 Å². The minimum absolute atomic E-state index is 0.0531. The maximum atomic E-state index is 12.6. The Morgan fingerprint density at radius 1 is 1.31 bits per heavy atom. The zero-order valence-electron chi connectivity index (χ0n) is 14.8. The minimum Gasteiger partial charge on any atom is -0.324 e. The Morgan fingerprint density at radius 2 is 2.19 bits per heavy atom. The fourth-order valence-electron chi connectivity index (χ4n) is 3.47. The van der Waals surface area contributed by atoms with Crippen molar-refractivity contribution in [3.8, 4) is 0 Å². The number of aromatic nitrogens is 3. The van der Waals surface area contributed by atoms with Crippen molar-refractivity contribution in [2.24, 2.45) is 7.05 Å². The number of amides is 2. The number of aryl methyl sites for hydroxylation is 1. The van der Waals surface area contributed by atoms with E-state index in [-0.39, 0.29) is 11.9 Å². The Hall–Kier alpha value is -2.54. The van der Waals surface area contributed by atoms with Crippen LogP contribution in [0.3, 0.4) is 0 Å². The third kappa shape index (κ3) is 3.14. The largest absolute Gasteiger partial charge is 0.324 e. The molecule has 1 fully saturated rings. The predicted molar refractivity (Wildman–Crippen MR) is 105 cm³/mol. The SMILES string of the molecule is CSc1cccc(NC(=O)N2CCC(c3nc4cccnc4n3C)C2)c1. The fraction of sp³-hybridized carbons (Fsp3) is 0.316. The van der Waals surface area contributed by atoms with Gasteiger partial charge < -0.3 is 14.8 Å². The first-order chi connectivity index (χ1) is 12.7. The van der Waals surface area contributed by atoms with Crippen LogP contribution in [-0.4, -0.2) is 44.8 Å². The van der Waals surface area contributed by atoms with Gasteiger partial charge in [0, 0.05) is 42.8 Å². The van der Waals surface area contributed by atoms with E-state index in [0.29, 0.717) is 6.54 Å². The third-order valence-corrected chi connectivity index (χ3v) is 5.55. The van der Waals surface area contributed by atoms with Gasteiger partial charge in [-0.1, -0.05) is 6.07 Å². The van der Waals surface area contributed by atoms with E-state index in [0.717, 1.165) is 40.5 Å². The van der Waals surface area contributed by atoms with Gasteiger partial charge >= 0.3 is 6.03 Å². The molecule has 2 aromatic heterocycles. The van der Waals surface area contributed by atoms with Gasteiger partial charge in [-0.25, -0.2) is 14.8 Å². The molecule has 1 aliphatic rings. The molecule has 0 saturated carbocycles. The number of likely N-dealkylation sites (tertiary alicyclic amines) is 1. The molecule has 7 heteroatoms. The van der Waals surface area contributed by atoms with Crippen molar-refractivity contribution in [1.82, 2.24) is 19.4 Å². The van der Waals surface area contributed by atoms with E-state index < -0.39 is 0 Å². The normalized spacial score (nSPS) is 17.0. The lowest BCUT2D eigenvalue weighted by molar-refractivity contribution is 0.222. The van der Waals surface area contributed by atoms with E-state index in [1.165, 1.54) is 0 Å². The lowest BCUT2D eigenvalue weighted by Gasteiger charge is -2.17. The van der Waals surface area contributed by atoms with Gasteiger partial charge in [0.2, 0.25) is 0 Å². The minimum atomic E-state index is -0.0531. The van der Waals surface area contributed by atoms with Gasteiger partial charge in [0.25, 0.3) is 0 Å². The van der Waals surface area contributed by atoms with Gasteiger partial charge in [0.1, 0.15) is 11.3 Å². The Labute approximate surface area is 156 Å². The van der Waals surface area contributed by atoms with E-state index in [9.17, 15) is 4.79 Å². The summed E-state index contributed by atoms with van der Waals surface area (Å²) in [6.07, 6.45) is 4.72. The molecule has 0 aliphatic carbocycles. The van der Waals surface area contributed by atoms with Crippen molar-refractivity contribution in [2.45, 2.75) is 17.2 Å². The predicted octanol–water partition coefficient (Wildman–Crippen LogP) is 3.71. The second-order valence-corrected chi connectivity index (χ2v) is 7.35. The standard InChI is InChI=1S/C19H21N5OS/c1-23-17(22-16-7-4-9-20-18(16)23)13-8-10-24(12-13)19(25)21-14-5-3-6-15(11-14)26-2/h3-7,9,11,13H,8,10,12H2,1-2H3,(H,21,25). The number of rotatable bonds is 3. The number of carbonyl (C=O) groups is 1. The molecule has 1 aliphatic heterocycles. The Morgan fingerprint density at radius 3 is 3.00 bits per heavy atom. The number of hydrogen-bond acceptors (Lipinski definition) is 4. The molecule has 2 amide bonds. The van der Waals surface area contributed by atoms with Crippen LogP contribution in [0.15, 0.2) is 47.5 Å². The quantitative estimate of drug-likeness (QED) is 0.717. The van der Waals surface area contributed by atoms with Crippen LogP contribution in [0, 0.1) is 0 Å². The molecule has 0 radical (unpaired) electrons. The molecule has 1 atom stereocenters. The molecule has 134 valence electrons. The molecular weight excluding hydrogens is 346 g/mol. The number of anilines is 1. The van der Waals surface area contributed by atoms with Crippen molar-refractivity contribution in [1.29, 1.82) is 0 Å². The van der Waals surface area contributed by atoms with Gasteiger partial charge in [-0.05, 0) is 43.0 Å². The highest BCUT2D eigenvalue weighted by atomic mass is 32.2. The Balaban J connectivity index is 1.47. The summed E-state index contributed by atoms with van der Waals surface area (Å²) in [6.45, 7) is 1.40. The van der Waals surface area contributed by atoms with Crippen LogP contribution in [0.25, 0.3) is 11.2 Å². The van der Waals surface area contributed by atoms with Gasteiger partial charge in [0.15, 0.2) is 5.65 Å². The van der Waals surface area contributed by atoms with E-state index in [4.69, 9.17) is 4.98 Å². The number of pyridine rings is 1. The molecule has 3 aromatic rings. The van der Waals surface area contributed by atoms with E-state index in [1.54, 1.807) is 18.0 Å². The summed E-state index contributed by atoms with van der Waals surface area (Å²) in [5.74, 6) is 1.23. The average molecular weight is 367 g/mol. The number of thioether (sulfide) groups is 1. The third-order valence-electron chi connectivity index (χ3n) is 4.82. The van der Waals surface area contributed by atoms with Crippen molar-refractivity contribution in [3.63, 3.8) is 0 Å². The van der Waals surface area contributed by atoms with Crippen molar-refractivity contribution in [2.75, 3.05) is 24.7 Å². The number of imidazole rings is 1. The number of benzene rings is 1. The van der Waals surface area contributed by atoms with E-state index in [2.05, 4.69) is 10.3 Å². The van der Waals surface area contributed by atoms with Crippen molar-refractivity contribution < 1.29 is 4.79 Å². The highest BCUT2D eigenvalue weighted by Crippen LogP contribution is 2.29. The molecule has 1 N–H and O–H groups in total. The second-order valence-electron chi connectivity index (χ2n) is 6.47. The first kappa shape index (κ1) is 16.9. The number of fused-ring (bicyclic) bond motifs is 1. The van der Waals surface area contributed by atoms with Crippen LogP contribution in [0.1, 0.15) is 18.2 Å². The first-order valence-electron chi connectivity index (χ1n) is 8.63. The topological polar surface area (TPSA) is 63.1 Å². The number of nitrogens with one attached hydrogen (secondary N) is 1. The summed E-state index contributed by atoms with van der Waals surface area (Å²) >= 11 is 1.66. The highest BCUT2D eigenvalue weighted by Gasteiger charge is 2.30. The molecule has 26 heavy (non-hydrogen) atoms. The molecule has 3 heterocycles. The van der Waals surface area contributed by atoms with Gasteiger partial charge in [-0.3, -0.25) is 0 Å². The number of carbonyl (C=O) groups excluding carboxylic acids is 1. The number of urea groups is 1. The first-order valence-corrected chi connectivity index (χ1v) is 9.85. The zero-order valence-corrected chi connectivity index (χ0v) is 15.7. The van der Waals surface area contributed by atoms with Crippen LogP contribution in [-0.2, 0) is 7.05 Å². The van der Waals surface area contributed by atoms with E-state index >= 15 is 0 Å². The van der Waals surface area contributed by atoms with Crippen LogP contribution >= 0.6 is 11.8 Å². The van der Waals surface area contributed by atoms with Gasteiger partial charge in [-0.2, -0.15) is 0 Å². The molecular formula is C19H21N5OS. The molecule has 6 nitrogen and oxygen atoms in total. The molecule has 0 bridgehead atoms. The second kappa shape index (κ2) is 6.99. The maximum Gasteiger partial charge on any atom is 0.321 e. The van der Waals surface area contributed by atoms with Gasteiger partial charge in [-0.15, -0.1) is 11.8 Å². The van der Waals surface area contributed by atoms with Crippen LogP contribution in [0.2, 0.25) is 0 Å². The Kier molecular flexibility index (Phi) is 4.55. The van der Waals surface area contributed by atoms with Gasteiger partial charge in [0.05, 0.1) is 0 Å². The summed E-state index contributed by atoms with van der Waals surface area (Å²) < 4.78 is 2.04. The number of hydrogen-bond donors (Lipinski definition) is 1. The zero-order chi connectivity index (χ0) is 18.1. The van der Waals surface area contributed by atoms with Crippen molar-refractivity contribution >= 4 is 34.6 Å². The smallest absolute Gasteiger partial charge is 0.321 e. The fourth-order valence-corrected chi connectivity index (χ4v) is 3.92. The molecule has 0 spiro atoms. The van der Waals surface area contributed by atoms with Crippen LogP contribution in [0.5, 0.6) is 0 Å². The molecule has 1 saturated heterocycles.